The van der Waals surface area contributed by atoms with E-state index in [4.69, 9.17) is 4.74 Å². The fourth-order valence-electron chi connectivity index (χ4n) is 3.08. The fraction of sp³-hybridized carbons (Fsp3) is 0.222. The molecule has 3 aromatic rings. The number of nitrogens with zero attached hydrogens (tertiary/aromatic N) is 3. The van der Waals surface area contributed by atoms with E-state index < -0.39 is 0 Å². The highest BCUT2D eigenvalue weighted by Crippen LogP contribution is 2.29. The van der Waals surface area contributed by atoms with E-state index in [2.05, 4.69) is 39.1 Å². The summed E-state index contributed by atoms with van der Waals surface area (Å²) in [5.74, 6) is 1.82. The molecule has 0 atom stereocenters. The quantitative estimate of drug-likeness (QED) is 0.727. The summed E-state index contributed by atoms with van der Waals surface area (Å²) in [5, 5.41) is 1.07. The minimum atomic E-state index is 0.820. The summed E-state index contributed by atoms with van der Waals surface area (Å²) in [5.41, 5.74) is 3.75. The van der Waals surface area contributed by atoms with E-state index in [1.54, 1.807) is 13.4 Å². The van der Waals surface area contributed by atoms with Crippen LogP contribution in [-0.2, 0) is 13.0 Å². The zero-order valence-corrected chi connectivity index (χ0v) is 12.5. The topological polar surface area (TPSA) is 38.2 Å². The van der Waals surface area contributed by atoms with Crippen LogP contribution in [0.25, 0.3) is 10.9 Å². The second kappa shape index (κ2) is 5.30. The number of fused-ring (bicyclic) bond motifs is 2. The Morgan fingerprint density at radius 1 is 1.05 bits per heavy atom. The molecule has 4 nitrogen and oxygen atoms in total. The molecule has 0 aliphatic carbocycles. The molecule has 4 heteroatoms. The van der Waals surface area contributed by atoms with Crippen molar-refractivity contribution < 1.29 is 4.74 Å². The molecule has 22 heavy (non-hydrogen) atoms. The van der Waals surface area contributed by atoms with Crippen molar-refractivity contribution in [2.24, 2.45) is 0 Å². The van der Waals surface area contributed by atoms with Gasteiger partial charge in [-0.1, -0.05) is 24.3 Å². The zero-order chi connectivity index (χ0) is 14.9. The summed E-state index contributed by atoms with van der Waals surface area (Å²) < 4.78 is 5.28. The minimum absolute atomic E-state index is 0.820. The first-order chi connectivity index (χ1) is 10.8. The van der Waals surface area contributed by atoms with Crippen LogP contribution in [0.1, 0.15) is 11.1 Å². The lowest BCUT2D eigenvalue weighted by Crippen LogP contribution is -2.31. The lowest BCUT2D eigenvalue weighted by Gasteiger charge is -2.30. The third-order valence-electron chi connectivity index (χ3n) is 4.25. The Hall–Kier alpha value is -2.62. The molecular weight excluding hydrogens is 274 g/mol. The molecule has 0 unspecified atom stereocenters. The van der Waals surface area contributed by atoms with E-state index in [9.17, 15) is 0 Å². The van der Waals surface area contributed by atoms with Crippen molar-refractivity contribution in [3.05, 3.63) is 59.9 Å². The van der Waals surface area contributed by atoms with Gasteiger partial charge in [-0.05, 0) is 29.7 Å². The van der Waals surface area contributed by atoms with Gasteiger partial charge in [0.25, 0.3) is 0 Å². The first-order valence-electron chi connectivity index (χ1n) is 7.45. The third-order valence-corrected chi connectivity index (χ3v) is 4.25. The summed E-state index contributed by atoms with van der Waals surface area (Å²) >= 11 is 0. The first kappa shape index (κ1) is 13.1. The Balaban J connectivity index is 1.76. The molecule has 2 aromatic carbocycles. The van der Waals surface area contributed by atoms with Crippen LogP contribution in [0.3, 0.4) is 0 Å². The molecule has 0 saturated heterocycles. The molecule has 1 aromatic heterocycles. The average molecular weight is 291 g/mol. The Bertz CT molecular complexity index is 831. The van der Waals surface area contributed by atoms with Gasteiger partial charge in [0.15, 0.2) is 0 Å². The van der Waals surface area contributed by atoms with Crippen molar-refractivity contribution in [3.63, 3.8) is 0 Å². The minimum Gasteiger partial charge on any atom is -0.497 e. The molecule has 0 saturated carbocycles. The molecule has 0 amide bonds. The molecule has 110 valence electrons. The van der Waals surface area contributed by atoms with Crippen LogP contribution in [0.15, 0.2) is 48.8 Å². The van der Waals surface area contributed by atoms with Crippen LogP contribution < -0.4 is 9.64 Å². The summed E-state index contributed by atoms with van der Waals surface area (Å²) in [6, 6.07) is 14.6. The van der Waals surface area contributed by atoms with Crippen LogP contribution >= 0.6 is 0 Å². The van der Waals surface area contributed by atoms with Crippen molar-refractivity contribution in [3.8, 4) is 5.75 Å². The highest BCUT2D eigenvalue weighted by atomic mass is 16.5. The Kier molecular flexibility index (Phi) is 3.15. The Labute approximate surface area is 129 Å². The van der Waals surface area contributed by atoms with Gasteiger partial charge in [-0.2, -0.15) is 0 Å². The number of ether oxygens (including phenoxy) is 1. The monoisotopic (exact) mass is 291 g/mol. The molecule has 0 N–H and O–H groups in total. The largest absolute Gasteiger partial charge is 0.497 e. The van der Waals surface area contributed by atoms with Gasteiger partial charge in [-0.3, -0.25) is 0 Å². The number of methoxy groups -OCH3 is 1. The molecule has 0 fully saturated rings. The van der Waals surface area contributed by atoms with E-state index in [1.165, 1.54) is 11.1 Å². The van der Waals surface area contributed by atoms with Gasteiger partial charge in [-0.15, -0.1) is 0 Å². The Morgan fingerprint density at radius 2 is 1.91 bits per heavy atom. The lowest BCUT2D eigenvalue weighted by atomic mass is 10.00. The smallest absolute Gasteiger partial charge is 0.140 e. The predicted molar refractivity (Wildman–Crippen MR) is 87.3 cm³/mol. The first-order valence-corrected chi connectivity index (χ1v) is 7.45. The van der Waals surface area contributed by atoms with Crippen LogP contribution in [0.5, 0.6) is 5.75 Å². The van der Waals surface area contributed by atoms with Gasteiger partial charge in [0.05, 0.1) is 12.6 Å². The number of aromatic nitrogens is 2. The average Bonchev–Trinajstić information content (AvgIpc) is 2.60. The molecule has 0 radical (unpaired) electrons. The van der Waals surface area contributed by atoms with Gasteiger partial charge in [0.2, 0.25) is 0 Å². The van der Waals surface area contributed by atoms with Crippen LogP contribution in [-0.4, -0.2) is 23.6 Å². The number of benzene rings is 2. The normalized spacial score (nSPS) is 14.0. The number of hydrogen-bond acceptors (Lipinski definition) is 4. The van der Waals surface area contributed by atoms with Crippen LogP contribution in [0, 0.1) is 0 Å². The Morgan fingerprint density at radius 3 is 2.77 bits per heavy atom. The zero-order valence-electron chi connectivity index (χ0n) is 12.5. The van der Waals surface area contributed by atoms with Gasteiger partial charge in [-0.25, -0.2) is 9.97 Å². The van der Waals surface area contributed by atoms with E-state index in [0.29, 0.717) is 0 Å². The SMILES string of the molecule is COc1ccc2c(N3CCc4ccccc4C3)ncnc2c1. The predicted octanol–water partition coefficient (Wildman–Crippen LogP) is 3.20. The molecule has 4 rings (SSSR count). The summed E-state index contributed by atoms with van der Waals surface area (Å²) in [6.07, 6.45) is 2.69. The molecule has 2 heterocycles. The molecule has 1 aliphatic rings. The number of hydrogen-bond donors (Lipinski definition) is 0. The number of anilines is 1. The maximum absolute atomic E-state index is 5.28. The lowest BCUT2D eigenvalue weighted by molar-refractivity contribution is 0.415. The van der Waals surface area contributed by atoms with E-state index in [1.807, 2.05) is 18.2 Å². The van der Waals surface area contributed by atoms with Gasteiger partial charge >= 0.3 is 0 Å². The standard InChI is InChI=1S/C18H17N3O/c1-22-15-6-7-16-17(10-15)19-12-20-18(16)21-9-8-13-4-2-3-5-14(13)11-21/h2-7,10,12H,8-9,11H2,1H3. The molecular formula is C18H17N3O. The van der Waals surface area contributed by atoms with E-state index in [-0.39, 0.29) is 0 Å². The highest BCUT2D eigenvalue weighted by molar-refractivity contribution is 5.90. The van der Waals surface area contributed by atoms with E-state index >= 15 is 0 Å². The van der Waals surface area contributed by atoms with Crippen molar-refractivity contribution in [2.45, 2.75) is 13.0 Å². The van der Waals surface area contributed by atoms with Gasteiger partial charge in [0, 0.05) is 24.5 Å². The maximum Gasteiger partial charge on any atom is 0.140 e. The van der Waals surface area contributed by atoms with Crippen molar-refractivity contribution in [1.29, 1.82) is 0 Å². The molecule has 0 spiro atoms. The fourth-order valence-corrected chi connectivity index (χ4v) is 3.08. The van der Waals surface area contributed by atoms with E-state index in [0.717, 1.165) is 42.0 Å². The van der Waals surface area contributed by atoms with Crippen molar-refractivity contribution in [2.75, 3.05) is 18.6 Å². The van der Waals surface area contributed by atoms with Gasteiger partial charge < -0.3 is 9.64 Å². The van der Waals surface area contributed by atoms with Crippen molar-refractivity contribution >= 4 is 16.7 Å². The van der Waals surface area contributed by atoms with Crippen LogP contribution in [0.4, 0.5) is 5.82 Å². The molecule has 1 aliphatic heterocycles. The van der Waals surface area contributed by atoms with Gasteiger partial charge in [0.1, 0.15) is 17.9 Å². The number of rotatable bonds is 2. The highest BCUT2D eigenvalue weighted by Gasteiger charge is 2.19. The third kappa shape index (κ3) is 2.17. The second-order valence-electron chi connectivity index (χ2n) is 5.52. The molecule has 0 bridgehead atoms. The maximum atomic E-state index is 5.28. The second-order valence-corrected chi connectivity index (χ2v) is 5.52. The summed E-state index contributed by atoms with van der Waals surface area (Å²) in [4.78, 5) is 11.2. The van der Waals surface area contributed by atoms with Crippen molar-refractivity contribution in [1.82, 2.24) is 9.97 Å². The van der Waals surface area contributed by atoms with Crippen LogP contribution in [0.2, 0.25) is 0 Å². The summed E-state index contributed by atoms with van der Waals surface area (Å²) in [6.45, 7) is 1.88. The summed E-state index contributed by atoms with van der Waals surface area (Å²) in [7, 11) is 1.67.